The minimum atomic E-state index is -4.54. The number of hydrogen-bond acceptors (Lipinski definition) is 4. The van der Waals surface area contributed by atoms with Crippen molar-refractivity contribution in [3.63, 3.8) is 0 Å². The first-order valence-electron chi connectivity index (χ1n) is 9.60. The quantitative estimate of drug-likeness (QED) is 0.621. The van der Waals surface area contributed by atoms with Crippen molar-refractivity contribution in [2.24, 2.45) is 0 Å². The number of alkyl halides is 3. The van der Waals surface area contributed by atoms with Crippen molar-refractivity contribution in [3.05, 3.63) is 66.2 Å². The summed E-state index contributed by atoms with van der Waals surface area (Å²) in [6.45, 7) is 4.88. The van der Waals surface area contributed by atoms with Gasteiger partial charge in [-0.25, -0.2) is 13.1 Å². The molecular formula is C21H22F3N3O3S. The van der Waals surface area contributed by atoms with Crippen LogP contribution < -0.4 is 14.9 Å². The number of hydrogen-bond donors (Lipinski definition) is 2. The van der Waals surface area contributed by atoms with Gasteiger partial charge in [-0.3, -0.25) is 4.79 Å². The summed E-state index contributed by atoms with van der Waals surface area (Å²) < 4.78 is 66.1. The predicted molar refractivity (Wildman–Crippen MR) is 113 cm³/mol. The summed E-state index contributed by atoms with van der Waals surface area (Å²) in [5.74, 6) is -0.636. The highest BCUT2D eigenvalue weighted by atomic mass is 32.2. The third-order valence-corrected chi connectivity index (χ3v) is 6.30. The van der Waals surface area contributed by atoms with Gasteiger partial charge in [0.2, 0.25) is 10.0 Å². The highest BCUT2D eigenvalue weighted by Gasteiger charge is 2.32. The van der Waals surface area contributed by atoms with E-state index in [1.54, 1.807) is 0 Å². The second kappa shape index (κ2) is 9.11. The molecule has 166 valence electrons. The monoisotopic (exact) mass is 453 g/mol. The minimum absolute atomic E-state index is 0.0391. The average molecular weight is 453 g/mol. The summed E-state index contributed by atoms with van der Waals surface area (Å²) >= 11 is 0. The number of benzene rings is 2. The lowest BCUT2D eigenvalue weighted by molar-refractivity contribution is -0.137. The van der Waals surface area contributed by atoms with E-state index in [9.17, 15) is 26.4 Å². The van der Waals surface area contributed by atoms with Crippen LogP contribution in [0.15, 0.2) is 60.0 Å². The number of carbonyl (C=O) groups is 1. The average Bonchev–Trinajstić information content (AvgIpc) is 3.26. The topological polar surface area (TPSA) is 78.5 Å². The molecule has 1 aliphatic heterocycles. The number of halogens is 3. The zero-order valence-corrected chi connectivity index (χ0v) is 17.4. The van der Waals surface area contributed by atoms with Crippen molar-refractivity contribution >= 4 is 27.3 Å². The van der Waals surface area contributed by atoms with Crippen LogP contribution in [0.25, 0.3) is 0 Å². The van der Waals surface area contributed by atoms with Crippen molar-refractivity contribution in [3.8, 4) is 0 Å². The molecule has 1 amide bonds. The Morgan fingerprint density at radius 1 is 1.10 bits per heavy atom. The Kier molecular flexibility index (Phi) is 6.71. The Bertz CT molecular complexity index is 1060. The number of sulfonamides is 1. The van der Waals surface area contributed by atoms with E-state index in [0.29, 0.717) is 18.8 Å². The van der Waals surface area contributed by atoms with Gasteiger partial charge in [0.15, 0.2) is 0 Å². The highest BCUT2D eigenvalue weighted by molar-refractivity contribution is 7.89. The maximum atomic E-state index is 13.2. The van der Waals surface area contributed by atoms with Crippen molar-refractivity contribution < 1.29 is 26.4 Å². The Balaban J connectivity index is 1.85. The molecule has 1 fully saturated rings. The SMILES string of the molecule is C=CCNS(=O)(=O)c1ccc(C(=O)Nc2cc(C(F)(F)F)ccc2N2CCCC2)cc1. The second-order valence-corrected chi connectivity index (χ2v) is 8.81. The predicted octanol–water partition coefficient (Wildman–Crippen LogP) is 4.02. The van der Waals surface area contributed by atoms with Gasteiger partial charge in [-0.15, -0.1) is 6.58 Å². The lowest BCUT2D eigenvalue weighted by Crippen LogP contribution is -2.24. The fraction of sp³-hybridized carbons (Fsp3) is 0.286. The molecule has 1 heterocycles. The van der Waals surface area contributed by atoms with Crippen LogP contribution in [0.2, 0.25) is 0 Å². The Morgan fingerprint density at radius 2 is 1.74 bits per heavy atom. The van der Waals surface area contributed by atoms with Gasteiger partial charge in [0.1, 0.15) is 0 Å². The van der Waals surface area contributed by atoms with Crippen molar-refractivity contribution in [1.29, 1.82) is 0 Å². The van der Waals surface area contributed by atoms with Gasteiger partial charge in [-0.2, -0.15) is 13.2 Å². The van der Waals surface area contributed by atoms with E-state index in [1.165, 1.54) is 36.4 Å². The van der Waals surface area contributed by atoms with Crippen LogP contribution in [-0.4, -0.2) is 34.0 Å². The molecule has 2 aromatic rings. The summed E-state index contributed by atoms with van der Waals surface area (Å²) in [6.07, 6.45) is -1.31. The summed E-state index contributed by atoms with van der Waals surface area (Å²) in [7, 11) is -3.75. The maximum Gasteiger partial charge on any atom is 0.416 e. The molecule has 0 aliphatic carbocycles. The molecule has 6 nitrogen and oxygen atoms in total. The highest BCUT2D eigenvalue weighted by Crippen LogP contribution is 2.36. The molecule has 1 aliphatic rings. The molecule has 0 bridgehead atoms. The van der Waals surface area contributed by atoms with Crippen LogP contribution in [0.1, 0.15) is 28.8 Å². The molecule has 0 radical (unpaired) electrons. The van der Waals surface area contributed by atoms with Gasteiger partial charge in [-0.1, -0.05) is 6.08 Å². The fourth-order valence-corrected chi connectivity index (χ4v) is 4.28. The summed E-state index contributed by atoms with van der Waals surface area (Å²) in [6, 6.07) is 8.41. The zero-order valence-electron chi connectivity index (χ0n) is 16.6. The molecule has 2 aromatic carbocycles. The summed E-state index contributed by atoms with van der Waals surface area (Å²) in [4.78, 5) is 14.6. The number of amides is 1. The maximum absolute atomic E-state index is 13.2. The smallest absolute Gasteiger partial charge is 0.370 e. The molecule has 0 saturated carbocycles. The number of nitrogens with one attached hydrogen (secondary N) is 2. The van der Waals surface area contributed by atoms with E-state index in [4.69, 9.17) is 0 Å². The Hall–Kier alpha value is -2.85. The van der Waals surface area contributed by atoms with Crippen LogP contribution in [0, 0.1) is 0 Å². The van der Waals surface area contributed by atoms with Crippen LogP contribution in [-0.2, 0) is 16.2 Å². The first kappa shape index (κ1) is 22.8. The van der Waals surface area contributed by atoms with Crippen LogP contribution in [0.3, 0.4) is 0 Å². The molecular weight excluding hydrogens is 431 g/mol. The van der Waals surface area contributed by atoms with E-state index in [0.717, 1.165) is 25.0 Å². The van der Waals surface area contributed by atoms with Gasteiger partial charge in [0.25, 0.3) is 5.91 Å². The molecule has 31 heavy (non-hydrogen) atoms. The largest absolute Gasteiger partial charge is 0.416 e. The standard InChI is InChI=1S/C21H22F3N3O3S/c1-2-11-25-31(29,30)17-8-5-15(6-9-17)20(28)26-18-14-16(21(22,23)24)7-10-19(18)27-12-3-4-13-27/h2,5-10,14,25H,1,3-4,11-13H2,(H,26,28). The van der Waals surface area contributed by atoms with Crippen molar-refractivity contribution in [2.75, 3.05) is 29.9 Å². The lowest BCUT2D eigenvalue weighted by atomic mass is 10.1. The van der Waals surface area contributed by atoms with Gasteiger partial charge in [0.05, 0.1) is 21.8 Å². The van der Waals surface area contributed by atoms with E-state index >= 15 is 0 Å². The van der Waals surface area contributed by atoms with Crippen molar-refractivity contribution in [1.82, 2.24) is 4.72 Å². The molecule has 0 atom stereocenters. The van der Waals surface area contributed by atoms with E-state index in [2.05, 4.69) is 16.6 Å². The van der Waals surface area contributed by atoms with Crippen LogP contribution >= 0.6 is 0 Å². The minimum Gasteiger partial charge on any atom is -0.370 e. The van der Waals surface area contributed by atoms with Crippen molar-refractivity contribution in [2.45, 2.75) is 23.9 Å². The Morgan fingerprint density at radius 3 is 2.32 bits per heavy atom. The van der Waals surface area contributed by atoms with Gasteiger partial charge in [-0.05, 0) is 55.3 Å². The second-order valence-electron chi connectivity index (χ2n) is 7.04. The third-order valence-electron chi connectivity index (χ3n) is 4.86. The lowest BCUT2D eigenvalue weighted by Gasteiger charge is -2.23. The van der Waals surface area contributed by atoms with Crippen LogP contribution in [0.5, 0.6) is 0 Å². The van der Waals surface area contributed by atoms with Gasteiger partial charge >= 0.3 is 6.18 Å². The molecule has 3 rings (SSSR count). The number of rotatable bonds is 7. The summed E-state index contributed by atoms with van der Waals surface area (Å²) in [5, 5.41) is 2.55. The first-order chi connectivity index (χ1) is 14.6. The van der Waals surface area contributed by atoms with Gasteiger partial charge < -0.3 is 10.2 Å². The van der Waals surface area contributed by atoms with E-state index in [1.807, 2.05) is 4.90 Å². The number of anilines is 2. The Labute approximate surface area is 178 Å². The zero-order chi connectivity index (χ0) is 22.6. The number of nitrogens with zero attached hydrogens (tertiary/aromatic N) is 1. The fourth-order valence-electron chi connectivity index (χ4n) is 3.28. The summed E-state index contributed by atoms with van der Waals surface area (Å²) in [5.41, 5.74) is -0.161. The molecule has 0 spiro atoms. The molecule has 2 N–H and O–H groups in total. The molecule has 10 heteroatoms. The molecule has 1 saturated heterocycles. The van der Waals surface area contributed by atoms with Crippen LogP contribution in [0.4, 0.5) is 24.5 Å². The third kappa shape index (κ3) is 5.45. The molecule has 0 unspecified atom stereocenters. The molecule has 0 aromatic heterocycles. The van der Waals surface area contributed by atoms with E-state index in [-0.39, 0.29) is 22.7 Å². The van der Waals surface area contributed by atoms with E-state index < -0.39 is 27.7 Å². The first-order valence-corrected chi connectivity index (χ1v) is 11.1. The van der Waals surface area contributed by atoms with Gasteiger partial charge in [0, 0.05) is 25.2 Å². The number of carbonyl (C=O) groups excluding carboxylic acids is 1. The normalized spacial score (nSPS) is 14.5.